The van der Waals surface area contributed by atoms with Crippen LogP contribution < -0.4 is 4.43 Å². The molecule has 0 N–H and O–H groups in total. The molecule has 0 aliphatic carbocycles. The monoisotopic (exact) mass is 460 g/mol. The first-order chi connectivity index (χ1) is 15.1. The van der Waals surface area contributed by atoms with Crippen LogP contribution in [0.3, 0.4) is 0 Å². The molecule has 6 heteroatoms. The van der Waals surface area contributed by atoms with Crippen LogP contribution in [-0.4, -0.2) is 33.5 Å². The fourth-order valence-corrected chi connectivity index (χ4v) is 10.3. The Kier molecular flexibility index (Phi) is 9.56. The van der Waals surface area contributed by atoms with Gasteiger partial charge in [-0.3, -0.25) is 4.79 Å². The van der Waals surface area contributed by atoms with Gasteiger partial charge in [0, 0.05) is 17.9 Å². The first-order valence-electron chi connectivity index (χ1n) is 11.9. The molecule has 1 heterocycles. The summed E-state index contributed by atoms with van der Waals surface area (Å²) < 4.78 is 17.2. The summed E-state index contributed by atoms with van der Waals surface area (Å²) in [6, 6.07) is 8.19. The highest BCUT2D eigenvalue weighted by atomic mass is 28.4. The highest BCUT2D eigenvalue weighted by Gasteiger charge is 2.46. The summed E-state index contributed by atoms with van der Waals surface area (Å²) in [6.45, 7) is 16.2. The molecule has 1 saturated heterocycles. The SMILES string of the molecule is C/C=C1\C(=O)OCC[C@H]1CC(=O)OCCc1ccc(O[Si](C(C)C)(C(C)C)C(C)C)cc1. The van der Waals surface area contributed by atoms with Crippen molar-refractivity contribution >= 4 is 20.3 Å². The molecule has 178 valence electrons. The van der Waals surface area contributed by atoms with Crippen LogP contribution in [0.4, 0.5) is 0 Å². The number of carbonyl (C=O) groups is 2. The van der Waals surface area contributed by atoms with Gasteiger partial charge < -0.3 is 13.9 Å². The van der Waals surface area contributed by atoms with Crippen LogP contribution in [0.15, 0.2) is 35.9 Å². The smallest absolute Gasteiger partial charge is 0.333 e. The van der Waals surface area contributed by atoms with Gasteiger partial charge in [0.2, 0.25) is 0 Å². The predicted octanol–water partition coefficient (Wildman–Crippen LogP) is 6.23. The first-order valence-corrected chi connectivity index (χ1v) is 14.0. The van der Waals surface area contributed by atoms with Crippen molar-refractivity contribution in [2.75, 3.05) is 13.2 Å². The van der Waals surface area contributed by atoms with E-state index in [-0.39, 0.29) is 24.3 Å². The third-order valence-electron chi connectivity index (χ3n) is 6.68. The Hall–Kier alpha value is -2.08. The molecule has 5 nitrogen and oxygen atoms in total. The third kappa shape index (κ3) is 6.24. The second-order valence-corrected chi connectivity index (χ2v) is 15.0. The average molecular weight is 461 g/mol. The predicted molar refractivity (Wildman–Crippen MR) is 130 cm³/mol. The van der Waals surface area contributed by atoms with Crippen LogP contribution in [0, 0.1) is 5.92 Å². The van der Waals surface area contributed by atoms with Crippen molar-refractivity contribution in [2.24, 2.45) is 5.92 Å². The van der Waals surface area contributed by atoms with Gasteiger partial charge in [-0.05, 0) is 47.7 Å². The van der Waals surface area contributed by atoms with Crippen LogP contribution in [0.25, 0.3) is 0 Å². The molecule has 1 atom stereocenters. The fourth-order valence-electron chi connectivity index (χ4n) is 5.09. The van der Waals surface area contributed by atoms with E-state index in [2.05, 4.69) is 53.7 Å². The maximum atomic E-state index is 12.3. The molecule has 1 aromatic carbocycles. The lowest BCUT2D eigenvalue weighted by Crippen LogP contribution is -2.50. The number of carbonyl (C=O) groups excluding carboxylic acids is 2. The van der Waals surface area contributed by atoms with Crippen molar-refractivity contribution in [3.8, 4) is 5.75 Å². The number of ether oxygens (including phenoxy) is 2. The van der Waals surface area contributed by atoms with E-state index in [1.54, 1.807) is 13.0 Å². The van der Waals surface area contributed by atoms with E-state index in [1.807, 2.05) is 12.1 Å². The highest BCUT2D eigenvalue weighted by Crippen LogP contribution is 2.42. The molecule has 0 amide bonds. The molecule has 1 aliphatic heterocycles. The number of rotatable bonds is 10. The largest absolute Gasteiger partial charge is 0.543 e. The third-order valence-corrected chi connectivity index (χ3v) is 12.7. The lowest BCUT2D eigenvalue weighted by atomic mass is 9.90. The molecule has 0 saturated carbocycles. The topological polar surface area (TPSA) is 61.8 Å². The molecule has 0 aromatic heterocycles. The Labute approximate surface area is 194 Å². The lowest BCUT2D eigenvalue weighted by Gasteiger charge is -2.42. The zero-order valence-electron chi connectivity index (χ0n) is 20.8. The maximum Gasteiger partial charge on any atom is 0.333 e. The summed E-state index contributed by atoms with van der Waals surface area (Å²) >= 11 is 0. The Balaban J connectivity index is 1.89. The maximum absolute atomic E-state index is 12.3. The number of benzene rings is 1. The van der Waals surface area contributed by atoms with Crippen molar-refractivity contribution < 1.29 is 23.5 Å². The van der Waals surface area contributed by atoms with Crippen molar-refractivity contribution in [2.45, 2.75) is 84.4 Å². The molecule has 2 rings (SSSR count). The zero-order chi connectivity index (χ0) is 23.9. The minimum absolute atomic E-state index is 0.113. The van der Waals surface area contributed by atoms with Gasteiger partial charge in [-0.15, -0.1) is 0 Å². The van der Waals surface area contributed by atoms with Crippen molar-refractivity contribution in [1.29, 1.82) is 0 Å². The zero-order valence-corrected chi connectivity index (χ0v) is 21.8. The number of esters is 2. The first kappa shape index (κ1) is 26.2. The second-order valence-electron chi connectivity index (χ2n) is 9.60. The minimum Gasteiger partial charge on any atom is -0.543 e. The van der Waals surface area contributed by atoms with Gasteiger partial charge in [0.15, 0.2) is 0 Å². The van der Waals surface area contributed by atoms with Gasteiger partial charge in [-0.1, -0.05) is 59.8 Å². The molecule has 0 bridgehead atoms. The number of allylic oxidation sites excluding steroid dienone is 1. The van der Waals surface area contributed by atoms with Gasteiger partial charge >= 0.3 is 11.9 Å². The molecule has 0 unspecified atom stereocenters. The summed E-state index contributed by atoms with van der Waals surface area (Å²) in [5.74, 6) is 0.220. The molecule has 1 aromatic rings. The summed E-state index contributed by atoms with van der Waals surface area (Å²) in [4.78, 5) is 24.0. The van der Waals surface area contributed by atoms with Gasteiger partial charge in [0.1, 0.15) is 5.75 Å². The van der Waals surface area contributed by atoms with E-state index in [0.717, 1.165) is 11.3 Å². The lowest BCUT2D eigenvalue weighted by molar-refractivity contribution is -0.147. The van der Waals surface area contributed by atoms with Gasteiger partial charge in [0.05, 0.1) is 19.6 Å². The van der Waals surface area contributed by atoms with Crippen LogP contribution in [0.2, 0.25) is 16.6 Å². The highest BCUT2D eigenvalue weighted by molar-refractivity contribution is 6.78. The standard InChI is InChI=1S/C26H40O5Si/c1-8-24-22(14-16-30-26(24)28)17-25(27)29-15-13-21-9-11-23(12-10-21)31-32(18(2)3,19(4)5)20(6)7/h8-12,18-20,22H,13-17H2,1-7H3/b24-8-/t22-/m0/s1. The fraction of sp³-hybridized carbons (Fsp3) is 0.615. The molecule has 0 radical (unpaired) electrons. The number of hydrogen-bond acceptors (Lipinski definition) is 5. The van der Waals surface area contributed by atoms with Gasteiger partial charge in [0.25, 0.3) is 8.32 Å². The molecule has 1 fully saturated rings. The Bertz CT molecular complexity index is 773. The number of cyclic esters (lactones) is 1. The van der Waals surface area contributed by atoms with Crippen LogP contribution >= 0.6 is 0 Å². The van der Waals surface area contributed by atoms with Crippen LogP contribution in [0.1, 0.15) is 66.9 Å². The molecule has 0 spiro atoms. The number of hydrogen-bond donors (Lipinski definition) is 0. The quantitative estimate of drug-likeness (QED) is 0.235. The summed E-state index contributed by atoms with van der Waals surface area (Å²) in [6.07, 6.45) is 3.26. The van der Waals surface area contributed by atoms with E-state index in [9.17, 15) is 9.59 Å². The Morgan fingerprint density at radius 1 is 1.09 bits per heavy atom. The average Bonchev–Trinajstić information content (AvgIpc) is 2.72. The Morgan fingerprint density at radius 2 is 1.69 bits per heavy atom. The van der Waals surface area contributed by atoms with E-state index >= 15 is 0 Å². The van der Waals surface area contributed by atoms with Crippen LogP contribution in [0.5, 0.6) is 5.75 Å². The second kappa shape index (κ2) is 11.7. The van der Waals surface area contributed by atoms with E-state index in [4.69, 9.17) is 13.9 Å². The van der Waals surface area contributed by atoms with Crippen LogP contribution in [-0.2, 0) is 25.5 Å². The molecule has 32 heavy (non-hydrogen) atoms. The van der Waals surface area contributed by atoms with E-state index in [1.165, 1.54) is 0 Å². The van der Waals surface area contributed by atoms with E-state index < -0.39 is 8.32 Å². The molecular weight excluding hydrogens is 420 g/mol. The normalized spacial score (nSPS) is 18.4. The van der Waals surface area contributed by atoms with Crippen molar-refractivity contribution in [1.82, 2.24) is 0 Å². The van der Waals surface area contributed by atoms with E-state index in [0.29, 0.717) is 48.3 Å². The minimum atomic E-state index is -1.97. The Morgan fingerprint density at radius 3 is 2.22 bits per heavy atom. The van der Waals surface area contributed by atoms with Gasteiger partial charge in [-0.25, -0.2) is 4.79 Å². The summed E-state index contributed by atoms with van der Waals surface area (Å²) in [5.41, 5.74) is 3.25. The summed E-state index contributed by atoms with van der Waals surface area (Å²) in [5, 5.41) is 0. The van der Waals surface area contributed by atoms with Crippen molar-refractivity contribution in [3.63, 3.8) is 0 Å². The van der Waals surface area contributed by atoms with Crippen molar-refractivity contribution in [3.05, 3.63) is 41.5 Å². The summed E-state index contributed by atoms with van der Waals surface area (Å²) in [7, 11) is -1.97. The molecular formula is C26H40O5Si. The van der Waals surface area contributed by atoms with Gasteiger partial charge in [-0.2, -0.15) is 0 Å². The molecule has 1 aliphatic rings.